The second-order valence-corrected chi connectivity index (χ2v) is 7.91. The van der Waals surface area contributed by atoms with Crippen molar-refractivity contribution in [3.8, 4) is 0 Å². The first kappa shape index (κ1) is 15.8. The van der Waals surface area contributed by atoms with Crippen molar-refractivity contribution < 1.29 is 8.42 Å². The molecule has 4 nitrogen and oxygen atoms in total. The summed E-state index contributed by atoms with van der Waals surface area (Å²) < 4.78 is 27.0. The van der Waals surface area contributed by atoms with Crippen LogP contribution in [-0.2, 0) is 16.4 Å². The SMILES string of the molecule is CCC(C(N)=S)S(=O)(=O)NCCc1ccc(Cl)s1. The van der Waals surface area contributed by atoms with E-state index in [0.29, 0.717) is 23.7 Å². The highest BCUT2D eigenvalue weighted by Crippen LogP contribution is 2.21. The summed E-state index contributed by atoms with van der Waals surface area (Å²) in [7, 11) is -3.48. The summed E-state index contributed by atoms with van der Waals surface area (Å²) in [5.74, 6) is 0. The normalized spacial score (nSPS) is 13.4. The lowest BCUT2D eigenvalue weighted by molar-refractivity contribution is 0.574. The molecule has 1 atom stereocenters. The van der Waals surface area contributed by atoms with Crippen LogP contribution in [0.15, 0.2) is 12.1 Å². The molecule has 1 heterocycles. The third kappa shape index (κ3) is 4.47. The first-order valence-corrected chi connectivity index (χ1v) is 8.53. The summed E-state index contributed by atoms with van der Waals surface area (Å²) in [6, 6.07) is 3.67. The van der Waals surface area contributed by atoms with Gasteiger partial charge in [-0.25, -0.2) is 13.1 Å². The summed E-state index contributed by atoms with van der Waals surface area (Å²) in [6.07, 6.45) is 0.972. The first-order chi connectivity index (χ1) is 8.36. The minimum absolute atomic E-state index is 0.00386. The van der Waals surface area contributed by atoms with E-state index in [1.165, 1.54) is 11.3 Å². The number of hydrogen-bond donors (Lipinski definition) is 2. The highest BCUT2D eigenvalue weighted by atomic mass is 35.5. The van der Waals surface area contributed by atoms with Gasteiger partial charge in [0, 0.05) is 11.4 Å². The average molecular weight is 327 g/mol. The zero-order valence-corrected chi connectivity index (χ0v) is 13.1. The molecule has 0 aliphatic carbocycles. The van der Waals surface area contributed by atoms with Crippen LogP contribution in [0.3, 0.4) is 0 Å². The minimum atomic E-state index is -3.48. The maximum absolute atomic E-state index is 11.9. The summed E-state index contributed by atoms with van der Waals surface area (Å²) in [6.45, 7) is 2.06. The molecule has 1 rings (SSSR count). The number of rotatable bonds is 7. The quantitative estimate of drug-likeness (QED) is 0.751. The zero-order chi connectivity index (χ0) is 13.8. The van der Waals surface area contributed by atoms with Crippen LogP contribution in [0.25, 0.3) is 0 Å². The summed E-state index contributed by atoms with van der Waals surface area (Å²) in [5, 5.41) is -0.806. The van der Waals surface area contributed by atoms with E-state index in [1.54, 1.807) is 13.0 Å². The van der Waals surface area contributed by atoms with Gasteiger partial charge >= 0.3 is 0 Å². The van der Waals surface area contributed by atoms with E-state index in [4.69, 9.17) is 29.6 Å². The second-order valence-electron chi connectivity index (χ2n) is 3.69. The van der Waals surface area contributed by atoms with Crippen molar-refractivity contribution in [2.45, 2.75) is 25.0 Å². The summed E-state index contributed by atoms with van der Waals surface area (Å²) >= 11 is 12.0. The van der Waals surface area contributed by atoms with Gasteiger partial charge in [-0.3, -0.25) is 0 Å². The molecule has 0 fully saturated rings. The molecule has 0 amide bonds. The Morgan fingerprint density at radius 2 is 2.28 bits per heavy atom. The number of nitrogens with two attached hydrogens (primary N) is 1. The van der Waals surface area contributed by atoms with Crippen LogP contribution in [0.5, 0.6) is 0 Å². The Kier molecular flexibility index (Phi) is 6.00. The third-order valence-corrected chi connectivity index (χ3v) is 6.03. The van der Waals surface area contributed by atoms with E-state index >= 15 is 0 Å². The van der Waals surface area contributed by atoms with Crippen molar-refractivity contribution in [3.63, 3.8) is 0 Å². The van der Waals surface area contributed by atoms with E-state index in [1.807, 2.05) is 6.07 Å². The fourth-order valence-corrected chi connectivity index (χ4v) is 4.44. The molecule has 0 aromatic carbocycles. The lowest BCUT2D eigenvalue weighted by atomic mass is 10.3. The van der Waals surface area contributed by atoms with Gasteiger partial charge in [0.25, 0.3) is 0 Å². The summed E-state index contributed by atoms with van der Waals surface area (Å²) in [5.41, 5.74) is 5.42. The van der Waals surface area contributed by atoms with Gasteiger partial charge in [-0.1, -0.05) is 30.7 Å². The number of thiophene rings is 1. The lowest BCUT2D eigenvalue weighted by Gasteiger charge is -2.14. The Hall–Kier alpha value is -0.210. The largest absolute Gasteiger partial charge is 0.392 e. The van der Waals surface area contributed by atoms with Crippen molar-refractivity contribution in [2.75, 3.05) is 6.54 Å². The van der Waals surface area contributed by atoms with E-state index < -0.39 is 15.3 Å². The highest BCUT2D eigenvalue weighted by Gasteiger charge is 2.25. The monoisotopic (exact) mass is 326 g/mol. The molecule has 3 N–H and O–H groups in total. The Labute approximate surface area is 122 Å². The molecule has 1 aromatic rings. The topological polar surface area (TPSA) is 72.2 Å². The van der Waals surface area contributed by atoms with Gasteiger partial charge in [0.2, 0.25) is 10.0 Å². The maximum Gasteiger partial charge on any atom is 0.221 e. The van der Waals surface area contributed by atoms with Gasteiger partial charge < -0.3 is 5.73 Å². The number of nitrogens with one attached hydrogen (secondary N) is 1. The van der Waals surface area contributed by atoms with Crippen molar-refractivity contribution in [1.29, 1.82) is 0 Å². The van der Waals surface area contributed by atoms with Gasteiger partial charge in [0.05, 0.1) is 9.32 Å². The van der Waals surface area contributed by atoms with Crippen molar-refractivity contribution >= 4 is 50.2 Å². The van der Waals surface area contributed by atoms with Crippen LogP contribution in [-0.4, -0.2) is 25.2 Å². The molecule has 0 bridgehead atoms. The van der Waals surface area contributed by atoms with Gasteiger partial charge in [-0.2, -0.15) is 0 Å². The predicted molar refractivity (Wildman–Crippen MR) is 80.8 cm³/mol. The average Bonchev–Trinajstić information content (AvgIpc) is 2.63. The molecule has 0 radical (unpaired) electrons. The van der Waals surface area contributed by atoms with Crippen LogP contribution >= 0.6 is 35.2 Å². The van der Waals surface area contributed by atoms with E-state index in [2.05, 4.69) is 4.72 Å². The van der Waals surface area contributed by atoms with Crippen LogP contribution in [0.4, 0.5) is 0 Å². The molecular weight excluding hydrogens is 312 g/mol. The molecule has 102 valence electrons. The molecule has 0 saturated carbocycles. The van der Waals surface area contributed by atoms with Gasteiger partial charge in [-0.05, 0) is 25.0 Å². The number of thiocarbonyl (C=S) groups is 1. The third-order valence-electron chi connectivity index (χ3n) is 2.37. The zero-order valence-electron chi connectivity index (χ0n) is 9.85. The molecule has 0 spiro atoms. The molecular formula is C10H15ClN2O2S3. The molecule has 8 heteroatoms. The number of halogens is 1. The Morgan fingerprint density at radius 1 is 1.61 bits per heavy atom. The summed E-state index contributed by atoms with van der Waals surface area (Å²) in [4.78, 5) is 1.04. The Morgan fingerprint density at radius 3 is 2.72 bits per heavy atom. The Balaban J connectivity index is 2.54. The Bertz CT molecular complexity index is 513. The molecule has 1 aromatic heterocycles. The fraction of sp³-hybridized carbons (Fsp3) is 0.500. The van der Waals surface area contributed by atoms with Gasteiger partial charge in [0.15, 0.2) is 0 Å². The number of hydrogen-bond acceptors (Lipinski definition) is 4. The van der Waals surface area contributed by atoms with E-state index in [-0.39, 0.29) is 4.99 Å². The highest BCUT2D eigenvalue weighted by molar-refractivity contribution is 7.93. The van der Waals surface area contributed by atoms with E-state index in [9.17, 15) is 8.42 Å². The smallest absolute Gasteiger partial charge is 0.221 e. The van der Waals surface area contributed by atoms with Crippen LogP contribution in [0.2, 0.25) is 4.34 Å². The van der Waals surface area contributed by atoms with Crippen LogP contribution < -0.4 is 10.5 Å². The standard InChI is InChI=1S/C10H15ClN2O2S3/c1-2-8(10(12)16)18(14,15)13-6-5-7-3-4-9(11)17-7/h3-4,8,13H,2,5-6H2,1H3,(H2,12,16). The van der Waals surface area contributed by atoms with Gasteiger partial charge in [-0.15, -0.1) is 11.3 Å². The van der Waals surface area contributed by atoms with Crippen molar-refractivity contribution in [3.05, 3.63) is 21.3 Å². The fourth-order valence-electron chi connectivity index (χ4n) is 1.48. The second kappa shape index (κ2) is 6.81. The van der Waals surface area contributed by atoms with E-state index in [0.717, 1.165) is 4.88 Å². The van der Waals surface area contributed by atoms with Crippen LogP contribution in [0.1, 0.15) is 18.2 Å². The molecule has 0 saturated heterocycles. The maximum atomic E-state index is 11.9. The molecule has 18 heavy (non-hydrogen) atoms. The molecule has 1 unspecified atom stereocenters. The van der Waals surface area contributed by atoms with Crippen molar-refractivity contribution in [1.82, 2.24) is 4.72 Å². The lowest BCUT2D eigenvalue weighted by Crippen LogP contribution is -2.42. The van der Waals surface area contributed by atoms with Crippen LogP contribution in [0, 0.1) is 0 Å². The first-order valence-electron chi connectivity index (χ1n) is 5.39. The van der Waals surface area contributed by atoms with Gasteiger partial charge in [0.1, 0.15) is 5.25 Å². The number of sulfonamides is 1. The molecule has 0 aliphatic rings. The predicted octanol–water partition coefficient (Wildman–Crippen LogP) is 1.93. The minimum Gasteiger partial charge on any atom is -0.392 e. The molecule has 0 aliphatic heterocycles. The van der Waals surface area contributed by atoms with Crippen molar-refractivity contribution in [2.24, 2.45) is 5.73 Å².